The number of nitro groups is 1. The van der Waals surface area contributed by atoms with E-state index in [0.29, 0.717) is 20.9 Å². The van der Waals surface area contributed by atoms with Crippen molar-refractivity contribution < 1.29 is 9.72 Å². The molecule has 2 rings (SSSR count). The minimum atomic E-state index is -0.558. The average molecular weight is 371 g/mol. The van der Waals surface area contributed by atoms with Gasteiger partial charge in [-0.2, -0.15) is 0 Å². The lowest BCUT2D eigenvalue weighted by Gasteiger charge is -2.07. The van der Waals surface area contributed by atoms with Gasteiger partial charge in [-0.15, -0.1) is 0 Å². The van der Waals surface area contributed by atoms with Gasteiger partial charge in [0.25, 0.3) is 11.6 Å². The molecule has 0 aliphatic heterocycles. The number of carbonyl (C=O) groups excluding carboxylic acids is 1. The monoisotopic (exact) mass is 369 g/mol. The Kier molecular flexibility index (Phi) is 4.54. The Bertz CT molecular complexity index is 737. The second kappa shape index (κ2) is 6.19. The number of hydrogen-bond donors (Lipinski definition) is 1. The first-order valence-corrected chi connectivity index (χ1v) is 6.93. The van der Waals surface area contributed by atoms with Crippen molar-refractivity contribution in [2.24, 2.45) is 0 Å². The summed E-state index contributed by atoms with van der Waals surface area (Å²) < 4.78 is 0.462. The highest BCUT2D eigenvalue weighted by atomic mass is 79.9. The van der Waals surface area contributed by atoms with Crippen molar-refractivity contribution in [3.8, 4) is 0 Å². The number of hydrogen-bond acceptors (Lipinski definition) is 4. The quantitative estimate of drug-likeness (QED) is 0.503. The molecule has 0 saturated carbocycles. The predicted octanol–water partition coefficient (Wildman–Crippen LogP) is 3.97. The number of nitrogens with zero attached hydrogens (tertiary/aromatic N) is 2. The van der Waals surface area contributed by atoms with Crippen molar-refractivity contribution in [3.05, 3.63) is 61.3 Å². The van der Waals surface area contributed by atoms with E-state index in [2.05, 4.69) is 26.2 Å². The van der Waals surface area contributed by atoms with Crippen LogP contribution in [-0.4, -0.2) is 15.8 Å². The fourth-order valence-corrected chi connectivity index (χ4v) is 2.16. The smallest absolute Gasteiger partial charge is 0.270 e. The molecular formula is C13H9BrClN3O3. The SMILES string of the molecule is Cc1cc(NC(=O)c2cc([N+](=O)[O-])ccc2Br)cnc1Cl. The van der Waals surface area contributed by atoms with E-state index in [4.69, 9.17) is 11.6 Å². The molecule has 0 unspecified atom stereocenters. The molecule has 0 aliphatic carbocycles. The summed E-state index contributed by atoms with van der Waals surface area (Å²) in [6.45, 7) is 1.76. The zero-order valence-corrected chi connectivity index (χ0v) is 13.1. The van der Waals surface area contributed by atoms with Gasteiger partial charge in [0.05, 0.1) is 22.4 Å². The van der Waals surface area contributed by atoms with Gasteiger partial charge in [0.1, 0.15) is 5.15 Å². The molecule has 0 aliphatic rings. The number of anilines is 1. The van der Waals surface area contributed by atoms with E-state index in [1.54, 1.807) is 13.0 Å². The van der Waals surface area contributed by atoms with Gasteiger partial charge >= 0.3 is 0 Å². The standard InChI is InChI=1S/C13H9BrClN3O3/c1-7-4-8(6-16-12(7)15)17-13(19)10-5-9(18(20)21)2-3-11(10)14/h2-6H,1H3,(H,17,19). The van der Waals surface area contributed by atoms with Crippen molar-refractivity contribution in [1.82, 2.24) is 4.98 Å². The maximum atomic E-state index is 12.2. The Morgan fingerprint density at radius 1 is 1.43 bits per heavy atom. The van der Waals surface area contributed by atoms with Crippen molar-refractivity contribution in [2.75, 3.05) is 5.32 Å². The topological polar surface area (TPSA) is 85.1 Å². The third kappa shape index (κ3) is 3.56. The Morgan fingerprint density at radius 3 is 2.76 bits per heavy atom. The summed E-state index contributed by atoms with van der Waals surface area (Å²) in [5.74, 6) is -0.478. The molecule has 21 heavy (non-hydrogen) atoms. The molecule has 8 heteroatoms. The molecule has 2 aromatic rings. The first-order valence-electron chi connectivity index (χ1n) is 5.76. The maximum Gasteiger partial charge on any atom is 0.270 e. The van der Waals surface area contributed by atoms with Crippen LogP contribution in [0.15, 0.2) is 34.9 Å². The number of nitrogens with one attached hydrogen (secondary N) is 1. The molecule has 0 radical (unpaired) electrons. The second-order valence-corrected chi connectivity index (χ2v) is 5.42. The van der Waals surface area contributed by atoms with Gasteiger partial charge in [-0.25, -0.2) is 4.98 Å². The van der Waals surface area contributed by atoms with Crippen LogP contribution in [0.3, 0.4) is 0 Å². The van der Waals surface area contributed by atoms with E-state index in [1.807, 2.05) is 0 Å². The van der Waals surface area contributed by atoms with Gasteiger partial charge in [0, 0.05) is 16.6 Å². The van der Waals surface area contributed by atoms with E-state index in [1.165, 1.54) is 24.4 Å². The third-order valence-electron chi connectivity index (χ3n) is 2.68. The predicted molar refractivity (Wildman–Crippen MR) is 82.7 cm³/mol. The van der Waals surface area contributed by atoms with Gasteiger partial charge in [-0.1, -0.05) is 11.6 Å². The first kappa shape index (κ1) is 15.4. The highest BCUT2D eigenvalue weighted by Crippen LogP contribution is 2.24. The second-order valence-electron chi connectivity index (χ2n) is 4.21. The number of carbonyl (C=O) groups is 1. The normalized spacial score (nSPS) is 10.2. The first-order chi connectivity index (χ1) is 9.88. The van der Waals surface area contributed by atoms with E-state index < -0.39 is 10.8 Å². The van der Waals surface area contributed by atoms with E-state index in [-0.39, 0.29) is 11.3 Å². The highest BCUT2D eigenvalue weighted by Gasteiger charge is 2.16. The van der Waals surface area contributed by atoms with Crippen LogP contribution in [0.2, 0.25) is 5.15 Å². The molecule has 1 aromatic carbocycles. The number of non-ortho nitro benzene ring substituents is 1. The van der Waals surface area contributed by atoms with Gasteiger partial charge < -0.3 is 5.32 Å². The zero-order chi connectivity index (χ0) is 15.6. The summed E-state index contributed by atoms with van der Waals surface area (Å²) in [7, 11) is 0. The number of aryl methyl sites for hydroxylation is 1. The molecule has 0 bridgehead atoms. The van der Waals surface area contributed by atoms with Crippen molar-refractivity contribution >= 4 is 44.8 Å². The fourth-order valence-electron chi connectivity index (χ4n) is 1.63. The van der Waals surface area contributed by atoms with Crippen LogP contribution in [0.5, 0.6) is 0 Å². The highest BCUT2D eigenvalue weighted by molar-refractivity contribution is 9.10. The van der Waals surface area contributed by atoms with Gasteiger partial charge in [-0.3, -0.25) is 14.9 Å². The van der Waals surface area contributed by atoms with Crippen LogP contribution in [0.1, 0.15) is 15.9 Å². The van der Waals surface area contributed by atoms with Crippen LogP contribution < -0.4 is 5.32 Å². The van der Waals surface area contributed by atoms with Crippen molar-refractivity contribution in [2.45, 2.75) is 6.92 Å². The lowest BCUT2D eigenvalue weighted by Crippen LogP contribution is -2.13. The number of pyridine rings is 1. The Hall–Kier alpha value is -1.99. The molecule has 108 valence electrons. The van der Waals surface area contributed by atoms with Gasteiger partial charge in [-0.05, 0) is 40.5 Å². The summed E-state index contributed by atoms with van der Waals surface area (Å²) in [6.07, 6.45) is 1.42. The fraction of sp³-hybridized carbons (Fsp3) is 0.0769. The molecule has 1 amide bonds. The minimum absolute atomic E-state index is 0.159. The summed E-state index contributed by atoms with van der Waals surface area (Å²) in [5, 5.41) is 13.7. The average Bonchev–Trinajstić information content (AvgIpc) is 2.43. The molecule has 0 spiro atoms. The van der Waals surface area contributed by atoms with Crippen molar-refractivity contribution in [1.29, 1.82) is 0 Å². The molecule has 0 atom stereocenters. The minimum Gasteiger partial charge on any atom is -0.321 e. The van der Waals surface area contributed by atoms with Crippen molar-refractivity contribution in [3.63, 3.8) is 0 Å². The number of amides is 1. The molecule has 1 N–H and O–H groups in total. The lowest BCUT2D eigenvalue weighted by molar-refractivity contribution is -0.384. The summed E-state index contributed by atoms with van der Waals surface area (Å²) in [4.78, 5) is 26.3. The largest absolute Gasteiger partial charge is 0.321 e. The molecule has 1 aromatic heterocycles. The van der Waals surface area contributed by atoms with Gasteiger partial charge in [0.15, 0.2) is 0 Å². The van der Waals surface area contributed by atoms with Crippen LogP contribution in [0.4, 0.5) is 11.4 Å². The molecule has 0 saturated heterocycles. The summed E-state index contributed by atoms with van der Waals surface area (Å²) in [5.41, 5.74) is 1.18. The number of nitro benzene ring substituents is 1. The number of benzene rings is 1. The molecule has 6 nitrogen and oxygen atoms in total. The zero-order valence-electron chi connectivity index (χ0n) is 10.8. The maximum absolute atomic E-state index is 12.2. The van der Waals surface area contributed by atoms with Crippen LogP contribution >= 0.6 is 27.5 Å². The molecule has 0 fully saturated rings. The number of halogens is 2. The summed E-state index contributed by atoms with van der Waals surface area (Å²) >= 11 is 9.01. The molecular weight excluding hydrogens is 362 g/mol. The van der Waals surface area contributed by atoms with E-state index in [9.17, 15) is 14.9 Å². The molecule has 1 heterocycles. The van der Waals surface area contributed by atoms with E-state index >= 15 is 0 Å². The van der Waals surface area contributed by atoms with E-state index in [0.717, 1.165) is 0 Å². The number of aromatic nitrogens is 1. The Labute approximate surface area is 133 Å². The Morgan fingerprint density at radius 2 is 2.14 bits per heavy atom. The lowest BCUT2D eigenvalue weighted by atomic mass is 10.2. The summed E-state index contributed by atoms with van der Waals surface area (Å²) in [6, 6.07) is 5.64. The Balaban J connectivity index is 2.29. The van der Waals surface area contributed by atoms with Crippen LogP contribution in [0.25, 0.3) is 0 Å². The number of rotatable bonds is 3. The van der Waals surface area contributed by atoms with Crippen LogP contribution in [0, 0.1) is 17.0 Å². The third-order valence-corrected chi connectivity index (χ3v) is 3.76. The van der Waals surface area contributed by atoms with Crippen LogP contribution in [-0.2, 0) is 0 Å². The van der Waals surface area contributed by atoms with Gasteiger partial charge in [0.2, 0.25) is 0 Å².